The molecule has 0 radical (unpaired) electrons. The summed E-state index contributed by atoms with van der Waals surface area (Å²) in [4.78, 5) is 12.5. The third-order valence-corrected chi connectivity index (χ3v) is 4.62. The summed E-state index contributed by atoms with van der Waals surface area (Å²) in [6, 6.07) is 4.29. The Morgan fingerprint density at radius 3 is 2.90 bits per heavy atom. The molecule has 1 fully saturated rings. The zero-order valence-corrected chi connectivity index (χ0v) is 12.2. The third-order valence-electron chi connectivity index (χ3n) is 4.62. The average molecular weight is 278 g/mol. The van der Waals surface area contributed by atoms with Crippen molar-refractivity contribution in [1.82, 2.24) is 5.32 Å². The van der Waals surface area contributed by atoms with Gasteiger partial charge in [-0.25, -0.2) is 4.39 Å². The van der Waals surface area contributed by atoms with Crippen LogP contribution in [0.1, 0.15) is 48.5 Å². The van der Waals surface area contributed by atoms with Crippen LogP contribution in [0.4, 0.5) is 4.39 Å². The number of amides is 1. The number of hydrogen-bond donors (Lipinski definition) is 2. The van der Waals surface area contributed by atoms with Crippen LogP contribution < -0.4 is 11.1 Å². The first-order chi connectivity index (χ1) is 9.48. The van der Waals surface area contributed by atoms with E-state index < -0.39 is 0 Å². The molecule has 0 aromatic heterocycles. The van der Waals surface area contributed by atoms with Crippen LogP contribution in [0.2, 0.25) is 0 Å². The number of aryl methyl sites for hydroxylation is 1. The molecule has 3 nitrogen and oxygen atoms in total. The van der Waals surface area contributed by atoms with Crippen LogP contribution >= 0.6 is 0 Å². The highest BCUT2D eigenvalue weighted by Gasteiger charge is 2.38. The van der Waals surface area contributed by atoms with Crippen molar-refractivity contribution in [1.29, 1.82) is 0 Å². The van der Waals surface area contributed by atoms with E-state index in [0.717, 1.165) is 24.8 Å². The molecule has 0 aliphatic heterocycles. The Balaban J connectivity index is 2.23. The van der Waals surface area contributed by atoms with Gasteiger partial charge in [0.15, 0.2) is 0 Å². The van der Waals surface area contributed by atoms with Gasteiger partial charge in [0.05, 0.1) is 5.54 Å². The Hall–Kier alpha value is -1.42. The Morgan fingerprint density at radius 1 is 1.50 bits per heavy atom. The second-order valence-corrected chi connectivity index (χ2v) is 5.92. The van der Waals surface area contributed by atoms with E-state index in [4.69, 9.17) is 5.73 Å². The van der Waals surface area contributed by atoms with E-state index in [1.165, 1.54) is 18.6 Å². The normalized spacial score (nSPS) is 26.3. The Kier molecular flexibility index (Phi) is 4.43. The van der Waals surface area contributed by atoms with Crippen molar-refractivity contribution in [3.63, 3.8) is 0 Å². The molecule has 0 saturated heterocycles. The van der Waals surface area contributed by atoms with Crippen molar-refractivity contribution in [3.8, 4) is 0 Å². The number of halogens is 1. The first kappa shape index (κ1) is 15.0. The molecular weight excluding hydrogens is 255 g/mol. The number of nitrogens with two attached hydrogens (primary N) is 1. The van der Waals surface area contributed by atoms with Crippen LogP contribution in [0.3, 0.4) is 0 Å². The fourth-order valence-corrected chi connectivity index (χ4v) is 3.09. The molecule has 20 heavy (non-hydrogen) atoms. The van der Waals surface area contributed by atoms with Gasteiger partial charge in [-0.3, -0.25) is 4.79 Å². The van der Waals surface area contributed by atoms with Crippen LogP contribution in [0.15, 0.2) is 18.2 Å². The van der Waals surface area contributed by atoms with Gasteiger partial charge in [0.1, 0.15) is 5.82 Å². The van der Waals surface area contributed by atoms with Gasteiger partial charge in [-0.1, -0.05) is 25.8 Å². The minimum Gasteiger partial charge on any atom is -0.345 e. The SMILES string of the molecule is Cc1ccc(F)cc1C(=O)NC1(CN)CCCCC1C. The Labute approximate surface area is 119 Å². The lowest BCUT2D eigenvalue weighted by Crippen LogP contribution is -2.59. The van der Waals surface area contributed by atoms with Crippen molar-refractivity contribution < 1.29 is 9.18 Å². The molecule has 1 aromatic carbocycles. The van der Waals surface area contributed by atoms with Gasteiger partial charge in [0.25, 0.3) is 5.91 Å². The first-order valence-electron chi connectivity index (χ1n) is 7.27. The fourth-order valence-electron chi connectivity index (χ4n) is 3.09. The minimum absolute atomic E-state index is 0.221. The van der Waals surface area contributed by atoms with Gasteiger partial charge < -0.3 is 11.1 Å². The molecule has 1 aliphatic rings. The predicted molar refractivity (Wildman–Crippen MR) is 78.0 cm³/mol. The summed E-state index contributed by atoms with van der Waals surface area (Å²) in [5, 5.41) is 3.09. The van der Waals surface area contributed by atoms with Gasteiger partial charge in [0.2, 0.25) is 0 Å². The minimum atomic E-state index is -0.390. The lowest BCUT2D eigenvalue weighted by molar-refractivity contribution is 0.0811. The average Bonchev–Trinajstić information content (AvgIpc) is 2.44. The lowest BCUT2D eigenvalue weighted by atomic mass is 9.73. The molecular formula is C16H23FN2O. The summed E-state index contributed by atoms with van der Waals surface area (Å²) >= 11 is 0. The van der Waals surface area contributed by atoms with E-state index in [1.54, 1.807) is 6.07 Å². The largest absolute Gasteiger partial charge is 0.345 e. The number of benzene rings is 1. The van der Waals surface area contributed by atoms with Crippen molar-refractivity contribution in [3.05, 3.63) is 35.1 Å². The summed E-state index contributed by atoms with van der Waals surface area (Å²) < 4.78 is 13.3. The zero-order valence-electron chi connectivity index (χ0n) is 12.2. The number of carbonyl (C=O) groups excluding carboxylic acids is 1. The standard InChI is InChI=1S/C16H23FN2O/c1-11-6-7-13(17)9-14(11)15(20)19-16(10-18)8-4-3-5-12(16)2/h6-7,9,12H,3-5,8,10,18H2,1-2H3,(H,19,20). The topological polar surface area (TPSA) is 55.1 Å². The van der Waals surface area contributed by atoms with Gasteiger partial charge in [-0.05, 0) is 43.4 Å². The maximum absolute atomic E-state index is 13.3. The second kappa shape index (κ2) is 5.92. The third kappa shape index (κ3) is 2.85. The summed E-state index contributed by atoms with van der Waals surface area (Å²) in [6.07, 6.45) is 4.21. The lowest BCUT2D eigenvalue weighted by Gasteiger charge is -2.42. The smallest absolute Gasteiger partial charge is 0.252 e. The highest BCUT2D eigenvalue weighted by atomic mass is 19.1. The summed E-state index contributed by atoms with van der Waals surface area (Å²) in [5.41, 5.74) is 6.76. The van der Waals surface area contributed by atoms with Crippen molar-refractivity contribution in [2.24, 2.45) is 11.7 Å². The molecule has 1 aromatic rings. The van der Waals surface area contributed by atoms with Crippen LogP contribution in [0, 0.1) is 18.7 Å². The van der Waals surface area contributed by atoms with Crippen molar-refractivity contribution in [2.75, 3.05) is 6.54 Å². The number of hydrogen-bond acceptors (Lipinski definition) is 2. The van der Waals surface area contributed by atoms with Gasteiger partial charge in [0, 0.05) is 12.1 Å². The van der Waals surface area contributed by atoms with Gasteiger partial charge in [-0.15, -0.1) is 0 Å². The summed E-state index contributed by atoms with van der Waals surface area (Å²) in [5.74, 6) is -0.264. The number of carbonyl (C=O) groups is 1. The van der Waals surface area contributed by atoms with E-state index in [0.29, 0.717) is 18.0 Å². The van der Waals surface area contributed by atoms with E-state index in [1.807, 2.05) is 6.92 Å². The second-order valence-electron chi connectivity index (χ2n) is 5.92. The van der Waals surface area contributed by atoms with Crippen LogP contribution in [0.25, 0.3) is 0 Å². The predicted octanol–water partition coefficient (Wildman–Crippen LogP) is 2.77. The van der Waals surface area contributed by atoms with Crippen LogP contribution in [-0.2, 0) is 0 Å². The van der Waals surface area contributed by atoms with Crippen LogP contribution in [-0.4, -0.2) is 18.0 Å². The van der Waals surface area contributed by atoms with E-state index in [-0.39, 0.29) is 17.3 Å². The molecule has 0 heterocycles. The Morgan fingerprint density at radius 2 is 2.25 bits per heavy atom. The molecule has 2 rings (SSSR count). The van der Waals surface area contributed by atoms with Gasteiger partial charge in [-0.2, -0.15) is 0 Å². The molecule has 1 amide bonds. The van der Waals surface area contributed by atoms with E-state index >= 15 is 0 Å². The zero-order chi connectivity index (χ0) is 14.8. The Bertz CT molecular complexity index is 503. The highest BCUT2D eigenvalue weighted by Crippen LogP contribution is 2.33. The molecule has 1 saturated carbocycles. The molecule has 2 atom stereocenters. The van der Waals surface area contributed by atoms with Crippen molar-refractivity contribution >= 4 is 5.91 Å². The van der Waals surface area contributed by atoms with E-state index in [9.17, 15) is 9.18 Å². The number of nitrogens with one attached hydrogen (secondary N) is 1. The molecule has 0 bridgehead atoms. The van der Waals surface area contributed by atoms with Gasteiger partial charge >= 0.3 is 0 Å². The number of rotatable bonds is 3. The fraction of sp³-hybridized carbons (Fsp3) is 0.562. The molecule has 0 spiro atoms. The first-order valence-corrected chi connectivity index (χ1v) is 7.27. The monoisotopic (exact) mass is 278 g/mol. The highest BCUT2D eigenvalue weighted by molar-refractivity contribution is 5.96. The molecule has 4 heteroatoms. The maximum Gasteiger partial charge on any atom is 0.252 e. The molecule has 2 unspecified atom stereocenters. The molecule has 1 aliphatic carbocycles. The molecule has 110 valence electrons. The van der Waals surface area contributed by atoms with Crippen molar-refractivity contribution in [2.45, 2.75) is 45.1 Å². The van der Waals surface area contributed by atoms with Crippen LogP contribution in [0.5, 0.6) is 0 Å². The molecule has 3 N–H and O–H groups in total. The summed E-state index contributed by atoms with van der Waals surface area (Å²) in [6.45, 7) is 4.37. The quantitative estimate of drug-likeness (QED) is 0.893. The summed E-state index contributed by atoms with van der Waals surface area (Å²) in [7, 11) is 0. The van der Waals surface area contributed by atoms with E-state index in [2.05, 4.69) is 12.2 Å². The maximum atomic E-state index is 13.3.